The molecule has 0 fully saturated rings. The summed E-state index contributed by atoms with van der Waals surface area (Å²) in [5.41, 5.74) is 5.14. The van der Waals surface area contributed by atoms with Crippen LogP contribution in [-0.4, -0.2) is 8.42 Å². The topological polar surface area (TPSA) is 85.3 Å². The van der Waals surface area contributed by atoms with Crippen LogP contribution in [-0.2, 0) is 10.0 Å². The predicted molar refractivity (Wildman–Crippen MR) is 68.3 cm³/mol. The Morgan fingerprint density at radius 1 is 1.37 bits per heavy atom. The van der Waals surface area contributed by atoms with E-state index in [1.165, 1.54) is 6.26 Å². The number of nitrogens with one attached hydrogen (secondary N) is 1. The van der Waals surface area contributed by atoms with E-state index in [1.54, 1.807) is 19.1 Å². The van der Waals surface area contributed by atoms with E-state index >= 15 is 0 Å². The van der Waals surface area contributed by atoms with Gasteiger partial charge in [-0.25, -0.2) is 17.5 Å². The van der Waals surface area contributed by atoms with Crippen LogP contribution in [0.25, 0.3) is 0 Å². The normalized spacial score (nSPS) is 13.4. The maximum Gasteiger partial charge on any atom is 0.241 e. The van der Waals surface area contributed by atoms with E-state index in [-0.39, 0.29) is 10.6 Å². The van der Waals surface area contributed by atoms with E-state index in [0.717, 1.165) is 18.2 Å². The van der Waals surface area contributed by atoms with Crippen molar-refractivity contribution in [3.63, 3.8) is 0 Å². The summed E-state index contributed by atoms with van der Waals surface area (Å²) in [5.74, 6) is -0.170. The molecule has 19 heavy (non-hydrogen) atoms. The van der Waals surface area contributed by atoms with Crippen LogP contribution in [0.3, 0.4) is 0 Å². The SMILES string of the molecule is CC(NS(=O)(=O)c1ccc(F)c(N)c1)c1ccco1. The molecule has 0 radical (unpaired) electrons. The maximum absolute atomic E-state index is 13.0. The summed E-state index contributed by atoms with van der Waals surface area (Å²) in [7, 11) is -3.78. The van der Waals surface area contributed by atoms with Gasteiger partial charge in [0.15, 0.2) is 0 Å². The van der Waals surface area contributed by atoms with Gasteiger partial charge in [-0.05, 0) is 37.3 Å². The van der Waals surface area contributed by atoms with Crippen molar-refractivity contribution in [3.8, 4) is 0 Å². The molecule has 0 bridgehead atoms. The minimum absolute atomic E-state index is 0.0928. The lowest BCUT2D eigenvalue weighted by Crippen LogP contribution is -2.26. The molecule has 0 amide bonds. The van der Waals surface area contributed by atoms with E-state index in [9.17, 15) is 12.8 Å². The molecule has 7 heteroatoms. The molecule has 0 aliphatic carbocycles. The molecule has 0 spiro atoms. The van der Waals surface area contributed by atoms with Gasteiger partial charge < -0.3 is 10.2 Å². The van der Waals surface area contributed by atoms with Gasteiger partial charge in [0.05, 0.1) is 22.9 Å². The number of benzene rings is 1. The first-order valence-corrected chi connectivity index (χ1v) is 6.99. The quantitative estimate of drug-likeness (QED) is 0.841. The molecule has 0 aliphatic rings. The van der Waals surface area contributed by atoms with Crippen molar-refractivity contribution < 1.29 is 17.2 Å². The largest absolute Gasteiger partial charge is 0.468 e. The third-order valence-electron chi connectivity index (χ3n) is 2.58. The molecule has 0 saturated heterocycles. The third-order valence-corrected chi connectivity index (χ3v) is 4.12. The molecular formula is C12H13FN2O3S. The zero-order valence-corrected chi connectivity index (χ0v) is 10.9. The van der Waals surface area contributed by atoms with Gasteiger partial charge in [-0.1, -0.05) is 0 Å². The van der Waals surface area contributed by atoms with E-state index in [0.29, 0.717) is 5.76 Å². The highest BCUT2D eigenvalue weighted by molar-refractivity contribution is 7.89. The Morgan fingerprint density at radius 2 is 2.11 bits per heavy atom. The second-order valence-corrected chi connectivity index (χ2v) is 5.76. The average molecular weight is 284 g/mol. The van der Waals surface area contributed by atoms with Crippen LogP contribution in [0.2, 0.25) is 0 Å². The van der Waals surface area contributed by atoms with Crippen molar-refractivity contribution >= 4 is 15.7 Å². The van der Waals surface area contributed by atoms with E-state index in [2.05, 4.69) is 4.72 Å². The third kappa shape index (κ3) is 2.94. The highest BCUT2D eigenvalue weighted by Gasteiger charge is 2.20. The minimum Gasteiger partial charge on any atom is -0.468 e. The second kappa shape index (κ2) is 5.02. The van der Waals surface area contributed by atoms with Crippen LogP contribution in [0.4, 0.5) is 10.1 Å². The van der Waals surface area contributed by atoms with Crippen molar-refractivity contribution in [1.29, 1.82) is 0 Å². The predicted octanol–water partition coefficient (Wildman–Crippen LogP) is 2.04. The molecule has 3 N–H and O–H groups in total. The number of furan rings is 1. The second-order valence-electron chi connectivity index (χ2n) is 4.04. The fraction of sp³-hybridized carbons (Fsp3) is 0.167. The molecule has 1 aromatic carbocycles. The van der Waals surface area contributed by atoms with E-state index in [4.69, 9.17) is 10.2 Å². The van der Waals surface area contributed by atoms with Gasteiger partial charge >= 0.3 is 0 Å². The van der Waals surface area contributed by atoms with Gasteiger partial charge in [-0.15, -0.1) is 0 Å². The molecule has 1 aromatic heterocycles. The highest BCUT2D eigenvalue weighted by Crippen LogP contribution is 2.20. The van der Waals surface area contributed by atoms with Gasteiger partial charge in [0.25, 0.3) is 0 Å². The van der Waals surface area contributed by atoms with Crippen LogP contribution in [0.1, 0.15) is 18.7 Å². The zero-order valence-electron chi connectivity index (χ0n) is 10.1. The van der Waals surface area contributed by atoms with Gasteiger partial charge in [0, 0.05) is 0 Å². The Labute approximate surface area is 110 Å². The summed E-state index contributed by atoms with van der Waals surface area (Å²) in [4.78, 5) is -0.0928. The van der Waals surface area contributed by atoms with Crippen LogP contribution in [0, 0.1) is 5.82 Å². The number of hydrogen-bond donors (Lipinski definition) is 2. The monoisotopic (exact) mass is 284 g/mol. The minimum atomic E-state index is -3.78. The Bertz CT molecular complexity index is 668. The Morgan fingerprint density at radius 3 is 2.68 bits per heavy atom. The highest BCUT2D eigenvalue weighted by atomic mass is 32.2. The van der Waals surface area contributed by atoms with Crippen LogP contribution in [0.15, 0.2) is 45.9 Å². The van der Waals surface area contributed by atoms with Gasteiger partial charge in [-0.3, -0.25) is 0 Å². The van der Waals surface area contributed by atoms with E-state index < -0.39 is 21.9 Å². The molecule has 0 aliphatic heterocycles. The van der Waals surface area contributed by atoms with Crippen LogP contribution >= 0.6 is 0 Å². The molecule has 102 valence electrons. The number of anilines is 1. The fourth-order valence-electron chi connectivity index (χ4n) is 1.59. The zero-order chi connectivity index (χ0) is 14.0. The van der Waals surface area contributed by atoms with Crippen LogP contribution < -0.4 is 10.5 Å². The summed E-state index contributed by atoms with van der Waals surface area (Å²) in [6, 6.07) is 6.03. The molecule has 1 unspecified atom stereocenters. The molecule has 2 aromatic rings. The number of hydrogen-bond acceptors (Lipinski definition) is 4. The van der Waals surface area contributed by atoms with Crippen molar-refractivity contribution in [1.82, 2.24) is 4.72 Å². The van der Waals surface area contributed by atoms with Crippen molar-refractivity contribution in [2.45, 2.75) is 17.9 Å². The van der Waals surface area contributed by atoms with Gasteiger partial charge in [-0.2, -0.15) is 0 Å². The maximum atomic E-state index is 13.0. The van der Waals surface area contributed by atoms with Crippen molar-refractivity contribution in [2.75, 3.05) is 5.73 Å². The number of nitrogens with two attached hydrogens (primary N) is 1. The molecule has 1 atom stereocenters. The van der Waals surface area contributed by atoms with Gasteiger partial charge in [0.2, 0.25) is 10.0 Å². The Balaban J connectivity index is 2.25. The summed E-state index contributed by atoms with van der Waals surface area (Å²) in [5, 5.41) is 0. The molecule has 0 saturated carbocycles. The van der Waals surface area contributed by atoms with E-state index in [1.807, 2.05) is 0 Å². The lowest BCUT2D eigenvalue weighted by atomic mass is 10.3. The first-order valence-electron chi connectivity index (χ1n) is 5.51. The smallest absolute Gasteiger partial charge is 0.241 e. The number of nitrogen functional groups attached to an aromatic ring is 1. The summed E-state index contributed by atoms with van der Waals surface area (Å²) >= 11 is 0. The average Bonchev–Trinajstić information content (AvgIpc) is 2.85. The summed E-state index contributed by atoms with van der Waals surface area (Å²) < 4.78 is 44.7. The Kier molecular flexibility index (Phi) is 3.59. The Hall–Kier alpha value is -1.86. The van der Waals surface area contributed by atoms with Crippen molar-refractivity contribution in [2.24, 2.45) is 0 Å². The number of rotatable bonds is 4. The molecule has 1 heterocycles. The lowest BCUT2D eigenvalue weighted by Gasteiger charge is -2.12. The molecule has 2 rings (SSSR count). The van der Waals surface area contributed by atoms with Crippen molar-refractivity contribution in [3.05, 3.63) is 48.2 Å². The lowest BCUT2D eigenvalue weighted by molar-refractivity contribution is 0.459. The summed E-state index contributed by atoms with van der Waals surface area (Å²) in [6.45, 7) is 1.64. The molecule has 5 nitrogen and oxygen atoms in total. The standard InChI is InChI=1S/C12H13FN2O3S/c1-8(12-3-2-6-18-12)15-19(16,17)9-4-5-10(13)11(14)7-9/h2-8,15H,14H2,1H3. The van der Waals surface area contributed by atoms with Crippen LogP contribution in [0.5, 0.6) is 0 Å². The molecular weight excluding hydrogens is 271 g/mol. The fourth-order valence-corrected chi connectivity index (χ4v) is 2.83. The summed E-state index contributed by atoms with van der Waals surface area (Å²) in [6.07, 6.45) is 1.45. The first-order chi connectivity index (χ1) is 8.90. The van der Waals surface area contributed by atoms with Gasteiger partial charge in [0.1, 0.15) is 11.6 Å². The number of halogens is 1. The first kappa shape index (κ1) is 13.6. The number of sulfonamides is 1.